The van der Waals surface area contributed by atoms with E-state index in [2.05, 4.69) is 15.0 Å². The SMILES string of the molecule is COc1cc(C=Nc2c[nH]c(=O)[nH]c2=O)ccc1OC(=O)c1ccco1. The molecular weight excluding hydrogens is 342 g/mol. The molecule has 0 bridgehead atoms. The highest BCUT2D eigenvalue weighted by molar-refractivity contribution is 5.89. The highest BCUT2D eigenvalue weighted by Crippen LogP contribution is 2.28. The number of rotatable bonds is 5. The molecule has 0 saturated heterocycles. The Bertz CT molecular complexity index is 1060. The van der Waals surface area contributed by atoms with Crippen molar-refractivity contribution in [3.8, 4) is 11.5 Å². The molecule has 0 fully saturated rings. The van der Waals surface area contributed by atoms with Crippen LogP contribution in [0.2, 0.25) is 0 Å². The summed E-state index contributed by atoms with van der Waals surface area (Å²) in [6.07, 6.45) is 3.98. The van der Waals surface area contributed by atoms with E-state index in [1.807, 2.05) is 0 Å². The van der Waals surface area contributed by atoms with Gasteiger partial charge in [0.25, 0.3) is 5.56 Å². The van der Waals surface area contributed by atoms with Gasteiger partial charge in [-0.05, 0) is 35.9 Å². The van der Waals surface area contributed by atoms with E-state index in [4.69, 9.17) is 13.9 Å². The van der Waals surface area contributed by atoms with Crippen LogP contribution in [0.15, 0.2) is 61.8 Å². The van der Waals surface area contributed by atoms with E-state index >= 15 is 0 Å². The first-order valence-electron chi connectivity index (χ1n) is 7.36. The van der Waals surface area contributed by atoms with Gasteiger partial charge in [-0.15, -0.1) is 0 Å². The number of carbonyl (C=O) groups excluding carboxylic acids is 1. The highest BCUT2D eigenvalue weighted by atomic mass is 16.6. The first kappa shape index (κ1) is 17.0. The second kappa shape index (κ2) is 7.34. The van der Waals surface area contributed by atoms with Crippen LogP contribution in [0.1, 0.15) is 16.1 Å². The summed E-state index contributed by atoms with van der Waals surface area (Å²) in [6.45, 7) is 0. The molecule has 0 radical (unpaired) electrons. The Balaban J connectivity index is 1.82. The summed E-state index contributed by atoms with van der Waals surface area (Å²) in [5, 5.41) is 0. The van der Waals surface area contributed by atoms with E-state index in [0.717, 1.165) is 0 Å². The predicted molar refractivity (Wildman–Crippen MR) is 91.6 cm³/mol. The van der Waals surface area contributed by atoms with Crippen LogP contribution in [0.5, 0.6) is 11.5 Å². The summed E-state index contributed by atoms with van der Waals surface area (Å²) in [7, 11) is 1.42. The van der Waals surface area contributed by atoms with Crippen molar-refractivity contribution in [3.05, 3.63) is 75.0 Å². The van der Waals surface area contributed by atoms with Crippen molar-refractivity contribution < 1.29 is 18.7 Å². The lowest BCUT2D eigenvalue weighted by Crippen LogP contribution is -2.20. The largest absolute Gasteiger partial charge is 0.493 e. The van der Waals surface area contributed by atoms with Gasteiger partial charge >= 0.3 is 11.7 Å². The van der Waals surface area contributed by atoms with Gasteiger partial charge in [-0.25, -0.2) is 14.6 Å². The molecule has 132 valence electrons. The first-order chi connectivity index (χ1) is 12.6. The molecule has 9 heteroatoms. The number of furan rings is 1. The molecular formula is C17H13N3O6. The Morgan fingerprint density at radius 3 is 2.77 bits per heavy atom. The molecule has 2 N–H and O–H groups in total. The third kappa shape index (κ3) is 3.78. The first-order valence-corrected chi connectivity index (χ1v) is 7.36. The summed E-state index contributed by atoms with van der Waals surface area (Å²) >= 11 is 0. The van der Waals surface area contributed by atoms with Gasteiger partial charge in [0.1, 0.15) is 5.69 Å². The van der Waals surface area contributed by atoms with Gasteiger partial charge in [0, 0.05) is 12.4 Å². The van der Waals surface area contributed by atoms with E-state index < -0.39 is 17.2 Å². The zero-order valence-electron chi connectivity index (χ0n) is 13.5. The van der Waals surface area contributed by atoms with E-state index in [1.165, 1.54) is 37.9 Å². The molecule has 0 amide bonds. The molecule has 0 spiro atoms. The zero-order valence-corrected chi connectivity index (χ0v) is 13.5. The minimum atomic E-state index is -0.658. The standard InChI is InChI=1S/C17H13N3O6/c1-24-14-7-10(8-18-11-9-19-17(23)20-15(11)21)4-5-12(14)26-16(22)13-3-2-6-25-13/h2-9H,1H3,(H2,19,20,21,23). The number of hydrogen-bond acceptors (Lipinski definition) is 7. The van der Waals surface area contributed by atoms with Gasteiger partial charge in [-0.2, -0.15) is 0 Å². The Morgan fingerprint density at radius 1 is 1.23 bits per heavy atom. The number of nitrogens with zero attached hydrogens (tertiary/aromatic N) is 1. The second-order valence-corrected chi connectivity index (χ2v) is 4.99. The number of aromatic amines is 2. The molecule has 0 aliphatic heterocycles. The number of hydrogen-bond donors (Lipinski definition) is 2. The molecule has 1 aromatic carbocycles. The number of aromatic nitrogens is 2. The lowest BCUT2D eigenvalue weighted by atomic mass is 10.2. The van der Waals surface area contributed by atoms with Crippen LogP contribution in [0.25, 0.3) is 0 Å². The van der Waals surface area contributed by atoms with Crippen molar-refractivity contribution in [1.29, 1.82) is 0 Å². The van der Waals surface area contributed by atoms with Crippen molar-refractivity contribution in [2.45, 2.75) is 0 Å². The van der Waals surface area contributed by atoms with Crippen molar-refractivity contribution in [2.24, 2.45) is 4.99 Å². The van der Waals surface area contributed by atoms with Crippen LogP contribution in [-0.4, -0.2) is 29.3 Å². The quantitative estimate of drug-likeness (QED) is 0.407. The summed E-state index contributed by atoms with van der Waals surface area (Å²) < 4.78 is 15.4. The van der Waals surface area contributed by atoms with Gasteiger partial charge in [0.05, 0.1) is 13.4 Å². The zero-order chi connectivity index (χ0) is 18.5. The van der Waals surface area contributed by atoms with Crippen LogP contribution in [0.3, 0.4) is 0 Å². The number of aliphatic imine (C=N–C) groups is 1. The molecule has 3 aromatic rings. The highest BCUT2D eigenvalue weighted by Gasteiger charge is 2.14. The number of carbonyl (C=O) groups is 1. The van der Waals surface area contributed by atoms with Gasteiger partial charge in [-0.3, -0.25) is 9.78 Å². The minimum absolute atomic E-state index is 0.0388. The Morgan fingerprint density at radius 2 is 2.08 bits per heavy atom. The fourth-order valence-corrected chi connectivity index (χ4v) is 2.04. The molecule has 2 heterocycles. The molecule has 0 aliphatic rings. The van der Waals surface area contributed by atoms with Crippen LogP contribution in [-0.2, 0) is 0 Å². The maximum Gasteiger partial charge on any atom is 0.379 e. The third-order valence-corrected chi connectivity index (χ3v) is 3.27. The summed E-state index contributed by atoms with van der Waals surface area (Å²) in [4.78, 5) is 42.9. The van der Waals surface area contributed by atoms with E-state index in [9.17, 15) is 14.4 Å². The fourth-order valence-electron chi connectivity index (χ4n) is 2.04. The lowest BCUT2D eigenvalue weighted by molar-refractivity contribution is 0.0696. The van der Waals surface area contributed by atoms with Gasteiger partial charge in [0.15, 0.2) is 11.5 Å². The average Bonchev–Trinajstić information content (AvgIpc) is 3.16. The molecule has 0 atom stereocenters. The van der Waals surface area contributed by atoms with Gasteiger partial charge < -0.3 is 18.9 Å². The Kier molecular flexibility index (Phi) is 4.79. The number of nitrogens with one attached hydrogen (secondary N) is 2. The molecule has 9 nitrogen and oxygen atoms in total. The average molecular weight is 355 g/mol. The Hall–Kier alpha value is -3.88. The number of ether oxygens (including phenoxy) is 2. The molecule has 26 heavy (non-hydrogen) atoms. The molecule has 0 unspecified atom stereocenters. The second-order valence-electron chi connectivity index (χ2n) is 4.99. The summed E-state index contributed by atoms with van der Waals surface area (Å²) in [5.74, 6) is -0.0957. The fraction of sp³-hybridized carbons (Fsp3) is 0.0588. The van der Waals surface area contributed by atoms with Gasteiger partial charge in [0.2, 0.25) is 5.76 Å². The van der Waals surface area contributed by atoms with Crippen LogP contribution >= 0.6 is 0 Å². The minimum Gasteiger partial charge on any atom is -0.493 e. The predicted octanol–water partition coefficient (Wildman–Crippen LogP) is 1.63. The third-order valence-electron chi connectivity index (χ3n) is 3.27. The van der Waals surface area contributed by atoms with Crippen LogP contribution in [0, 0.1) is 0 Å². The molecule has 0 saturated carbocycles. The number of H-pyrrole nitrogens is 2. The Labute approximate surface area is 145 Å². The topological polar surface area (TPSA) is 127 Å². The van der Waals surface area contributed by atoms with Crippen molar-refractivity contribution in [3.63, 3.8) is 0 Å². The smallest absolute Gasteiger partial charge is 0.379 e. The molecule has 3 rings (SSSR count). The summed E-state index contributed by atoms with van der Waals surface area (Å²) in [6, 6.07) is 7.78. The van der Waals surface area contributed by atoms with Crippen LogP contribution in [0.4, 0.5) is 5.69 Å². The maximum absolute atomic E-state index is 11.9. The number of benzene rings is 1. The number of methoxy groups -OCH3 is 1. The molecule has 2 aromatic heterocycles. The van der Waals surface area contributed by atoms with Crippen molar-refractivity contribution in [1.82, 2.24) is 9.97 Å². The maximum atomic E-state index is 11.9. The lowest BCUT2D eigenvalue weighted by Gasteiger charge is -2.08. The summed E-state index contributed by atoms with van der Waals surface area (Å²) in [5.41, 5.74) is -0.596. The van der Waals surface area contributed by atoms with E-state index in [0.29, 0.717) is 11.3 Å². The van der Waals surface area contributed by atoms with Crippen LogP contribution < -0.4 is 20.7 Å². The number of esters is 1. The van der Waals surface area contributed by atoms with Crippen molar-refractivity contribution >= 4 is 17.9 Å². The monoisotopic (exact) mass is 355 g/mol. The van der Waals surface area contributed by atoms with E-state index in [-0.39, 0.29) is 17.2 Å². The van der Waals surface area contributed by atoms with Gasteiger partial charge in [-0.1, -0.05) is 0 Å². The van der Waals surface area contributed by atoms with Crippen molar-refractivity contribution in [2.75, 3.05) is 7.11 Å². The molecule has 0 aliphatic carbocycles. The normalized spacial score (nSPS) is 10.8. The van der Waals surface area contributed by atoms with E-state index in [1.54, 1.807) is 18.2 Å².